The van der Waals surface area contributed by atoms with Gasteiger partial charge in [0.2, 0.25) is 0 Å². The van der Waals surface area contributed by atoms with Gasteiger partial charge in [0.05, 0.1) is 0 Å². The molecule has 2 radical (unpaired) electrons. The molecule has 0 fully saturated rings. The zero-order valence-electron chi connectivity index (χ0n) is 6.77. The van der Waals surface area contributed by atoms with E-state index in [-0.39, 0.29) is 27.3 Å². The van der Waals surface area contributed by atoms with E-state index in [0.29, 0.717) is 0 Å². The van der Waals surface area contributed by atoms with Crippen molar-refractivity contribution in [2.24, 2.45) is 0 Å². The minimum Gasteiger partial charge on any atom is -0.0761 e. The van der Waals surface area contributed by atoms with Gasteiger partial charge in [0.25, 0.3) is 0 Å². The van der Waals surface area contributed by atoms with Crippen molar-refractivity contribution in [3.05, 3.63) is 60.5 Å². The van der Waals surface area contributed by atoms with Crippen LogP contribution in [0.5, 0.6) is 0 Å². The standard InChI is InChI=1S/C11H9.Tl/c1-2-6-10(7-3-1)11-8-4-5-9-11;/h1-9H;. The molecule has 12 heavy (non-hydrogen) atoms. The maximum Gasteiger partial charge on any atom is 0.00571 e. The van der Waals surface area contributed by atoms with Crippen LogP contribution < -0.4 is 0 Å². The first-order valence-corrected chi connectivity index (χ1v) is 3.74. The molecule has 2 rings (SSSR count). The largest absolute Gasteiger partial charge is 0.0761 e. The predicted octanol–water partition coefficient (Wildman–Crippen LogP) is 2.46. The van der Waals surface area contributed by atoms with E-state index in [4.69, 9.17) is 0 Å². The SMILES string of the molecule is [CH]1C=CC(c2ccccc2)=C1.[Tl]. The molecule has 0 nitrogen and oxygen atoms in total. The summed E-state index contributed by atoms with van der Waals surface area (Å²) < 4.78 is 0. The Balaban J connectivity index is 0.000000720. The topological polar surface area (TPSA) is 0 Å². The van der Waals surface area contributed by atoms with Gasteiger partial charge in [-0.3, -0.25) is 0 Å². The fraction of sp³-hybridized carbons (Fsp3) is 0. The van der Waals surface area contributed by atoms with E-state index >= 15 is 0 Å². The normalized spacial score (nSPS) is 13.8. The molecular formula is C11H9Tl. The third-order valence-electron chi connectivity index (χ3n) is 1.77. The van der Waals surface area contributed by atoms with Crippen LogP contribution in [0.4, 0.5) is 0 Å². The molecule has 1 aromatic rings. The summed E-state index contributed by atoms with van der Waals surface area (Å²) in [6.45, 7) is 0. The van der Waals surface area contributed by atoms with Crippen molar-refractivity contribution in [3.8, 4) is 0 Å². The molecule has 0 amide bonds. The fourth-order valence-corrected chi connectivity index (χ4v) is 1.20. The van der Waals surface area contributed by atoms with Gasteiger partial charge in [-0.25, -0.2) is 0 Å². The van der Waals surface area contributed by atoms with Crippen LogP contribution in [0.2, 0.25) is 0 Å². The van der Waals surface area contributed by atoms with Gasteiger partial charge in [-0.15, -0.1) is 0 Å². The Hall–Kier alpha value is -0.378. The maximum atomic E-state index is 2.12. The van der Waals surface area contributed by atoms with Crippen molar-refractivity contribution in [1.82, 2.24) is 0 Å². The van der Waals surface area contributed by atoms with Gasteiger partial charge < -0.3 is 0 Å². The van der Waals surface area contributed by atoms with Gasteiger partial charge in [-0.2, -0.15) is 0 Å². The summed E-state index contributed by atoms with van der Waals surface area (Å²) in [6, 6.07) is 10.4. The van der Waals surface area contributed by atoms with Gasteiger partial charge in [0.15, 0.2) is 0 Å². The van der Waals surface area contributed by atoms with Crippen molar-refractivity contribution >= 4 is 32.9 Å². The van der Waals surface area contributed by atoms with E-state index in [2.05, 4.69) is 48.9 Å². The molecule has 1 heteroatoms. The van der Waals surface area contributed by atoms with Crippen LogP contribution in [0.1, 0.15) is 5.56 Å². The molecule has 0 aliphatic heterocycles. The average Bonchev–Trinajstić information content (AvgIpc) is 2.58. The second-order valence-corrected chi connectivity index (χ2v) is 2.54. The molecule has 0 heterocycles. The van der Waals surface area contributed by atoms with Crippen molar-refractivity contribution in [2.45, 2.75) is 0 Å². The summed E-state index contributed by atoms with van der Waals surface area (Å²) in [7, 11) is 0. The third kappa shape index (κ3) is 2.06. The van der Waals surface area contributed by atoms with Crippen molar-refractivity contribution in [2.75, 3.05) is 0 Å². The first kappa shape index (κ1) is 9.71. The van der Waals surface area contributed by atoms with Crippen LogP contribution in [-0.2, 0) is 0 Å². The Morgan fingerprint density at radius 3 is 2.25 bits per heavy atom. The molecule has 0 aromatic heterocycles. The molecule has 0 N–H and O–H groups in total. The summed E-state index contributed by atoms with van der Waals surface area (Å²) in [5.41, 5.74) is 2.59. The summed E-state index contributed by atoms with van der Waals surface area (Å²) in [5, 5.41) is 0. The van der Waals surface area contributed by atoms with Crippen molar-refractivity contribution in [1.29, 1.82) is 0 Å². The molecule has 56 valence electrons. The minimum absolute atomic E-state index is 0. The van der Waals surface area contributed by atoms with Crippen LogP contribution in [0.25, 0.3) is 5.57 Å². The zero-order chi connectivity index (χ0) is 7.52. The molecular weight excluding hydrogens is 337 g/mol. The molecule has 0 atom stereocenters. The first-order valence-electron chi connectivity index (χ1n) is 3.74. The summed E-state index contributed by atoms with van der Waals surface area (Å²) in [5.74, 6) is 0. The second-order valence-electron chi connectivity index (χ2n) is 2.54. The Morgan fingerprint density at radius 2 is 1.67 bits per heavy atom. The van der Waals surface area contributed by atoms with E-state index in [1.807, 2.05) is 6.07 Å². The van der Waals surface area contributed by atoms with E-state index < -0.39 is 0 Å². The molecule has 0 saturated heterocycles. The summed E-state index contributed by atoms with van der Waals surface area (Å²) in [4.78, 5) is 0. The zero-order valence-corrected chi connectivity index (χ0v) is 11.3. The summed E-state index contributed by atoms with van der Waals surface area (Å²) in [6.07, 6.45) is 8.36. The van der Waals surface area contributed by atoms with Crippen LogP contribution in [0.3, 0.4) is 0 Å². The van der Waals surface area contributed by atoms with Crippen molar-refractivity contribution in [3.63, 3.8) is 0 Å². The van der Waals surface area contributed by atoms with Crippen LogP contribution in [-0.4, -0.2) is 27.3 Å². The molecule has 0 bridgehead atoms. The quantitative estimate of drug-likeness (QED) is 0.686. The third-order valence-corrected chi connectivity index (χ3v) is 1.77. The molecule has 1 aliphatic rings. The molecule has 1 aromatic carbocycles. The summed E-state index contributed by atoms with van der Waals surface area (Å²) >= 11 is 0. The van der Waals surface area contributed by atoms with Crippen LogP contribution in [0.15, 0.2) is 48.6 Å². The number of rotatable bonds is 1. The van der Waals surface area contributed by atoms with Gasteiger partial charge in [0, 0.05) is 33.7 Å². The van der Waals surface area contributed by atoms with Gasteiger partial charge >= 0.3 is 0 Å². The Labute approximate surface area is 93.2 Å². The molecule has 0 saturated carbocycles. The van der Waals surface area contributed by atoms with Gasteiger partial charge in [-0.1, -0.05) is 48.6 Å². The van der Waals surface area contributed by atoms with Crippen LogP contribution in [0, 0.1) is 6.42 Å². The van der Waals surface area contributed by atoms with E-state index in [1.165, 1.54) is 11.1 Å². The van der Waals surface area contributed by atoms with E-state index in [1.54, 1.807) is 0 Å². The fourth-order valence-electron chi connectivity index (χ4n) is 1.20. The second kappa shape index (κ2) is 4.60. The molecule has 0 spiro atoms. The smallest absolute Gasteiger partial charge is 0.00571 e. The maximum absolute atomic E-state index is 2.12. The number of hydrogen-bond donors (Lipinski definition) is 0. The number of hydrogen-bond acceptors (Lipinski definition) is 0. The minimum atomic E-state index is 0. The Morgan fingerprint density at radius 1 is 0.917 bits per heavy atom. The van der Waals surface area contributed by atoms with Gasteiger partial charge in [-0.05, 0) is 11.1 Å². The monoisotopic (exact) mass is 346 g/mol. The predicted molar refractivity (Wildman–Crippen MR) is 53.6 cm³/mol. The van der Waals surface area contributed by atoms with Crippen LogP contribution >= 0.6 is 0 Å². The number of allylic oxidation sites excluding steroid dienone is 4. The van der Waals surface area contributed by atoms with E-state index in [0.717, 1.165) is 0 Å². The average molecular weight is 346 g/mol. The number of benzene rings is 1. The molecule has 0 unspecified atom stereocenters. The first-order chi connectivity index (χ1) is 5.47. The molecule has 1 aliphatic carbocycles. The van der Waals surface area contributed by atoms with Gasteiger partial charge in [0.1, 0.15) is 0 Å². The Bertz CT molecular complexity index is 296. The van der Waals surface area contributed by atoms with E-state index in [9.17, 15) is 0 Å². The van der Waals surface area contributed by atoms with Crippen molar-refractivity contribution < 1.29 is 0 Å². The Kier molecular flexibility index (Phi) is 3.72.